The summed E-state index contributed by atoms with van der Waals surface area (Å²) in [7, 11) is 0. The van der Waals surface area contributed by atoms with Crippen LogP contribution in [0.25, 0.3) is 0 Å². The Morgan fingerprint density at radius 3 is 2.55 bits per heavy atom. The molecule has 2 heterocycles. The maximum absolute atomic E-state index is 6.46. The van der Waals surface area contributed by atoms with Gasteiger partial charge in [0.1, 0.15) is 6.10 Å². The van der Waals surface area contributed by atoms with E-state index in [-0.39, 0.29) is 17.8 Å². The molecule has 0 bridgehead atoms. The predicted octanol–water partition coefficient (Wildman–Crippen LogP) is 4.30. The second-order valence-corrected chi connectivity index (χ2v) is 8.54. The zero-order chi connectivity index (χ0) is 19.8. The minimum Gasteiger partial charge on any atom is -0.487 e. The molecule has 29 heavy (non-hydrogen) atoms. The monoisotopic (exact) mass is 393 g/mol. The highest BCUT2D eigenvalue weighted by atomic mass is 16.7. The minimum atomic E-state index is -0.281. The number of oxime groups is 1. The number of hydrogen-bond donors (Lipinski definition) is 0. The van der Waals surface area contributed by atoms with Crippen LogP contribution in [0.2, 0.25) is 0 Å². The van der Waals surface area contributed by atoms with Crippen molar-refractivity contribution in [1.29, 1.82) is 0 Å². The van der Waals surface area contributed by atoms with E-state index < -0.39 is 0 Å². The third-order valence-electron chi connectivity index (χ3n) is 5.85. The van der Waals surface area contributed by atoms with Crippen LogP contribution in [0.4, 0.5) is 0 Å². The van der Waals surface area contributed by atoms with Crippen molar-refractivity contribution in [3.63, 3.8) is 0 Å². The molecular formula is C24H27NO4. The Hall–Kier alpha value is -2.53. The molecule has 1 saturated heterocycles. The van der Waals surface area contributed by atoms with Gasteiger partial charge in [0, 0.05) is 31.2 Å². The van der Waals surface area contributed by atoms with Gasteiger partial charge in [-0.15, -0.1) is 0 Å². The third-order valence-corrected chi connectivity index (χ3v) is 5.85. The van der Waals surface area contributed by atoms with Gasteiger partial charge in [-0.1, -0.05) is 29.4 Å². The smallest absolute Gasteiger partial charge is 0.168 e. The summed E-state index contributed by atoms with van der Waals surface area (Å²) in [5.74, 6) is 1.55. The summed E-state index contributed by atoms with van der Waals surface area (Å²) in [5.41, 5.74) is 4.44. The van der Waals surface area contributed by atoms with Gasteiger partial charge in [0.15, 0.2) is 17.1 Å². The van der Waals surface area contributed by atoms with E-state index >= 15 is 0 Å². The molecule has 0 saturated carbocycles. The largest absolute Gasteiger partial charge is 0.487 e. The van der Waals surface area contributed by atoms with Gasteiger partial charge < -0.3 is 19.0 Å². The van der Waals surface area contributed by atoms with Crippen LogP contribution in [0.15, 0.2) is 47.6 Å². The number of rotatable bonds is 5. The van der Waals surface area contributed by atoms with Gasteiger partial charge in [-0.2, -0.15) is 0 Å². The van der Waals surface area contributed by atoms with Gasteiger partial charge in [0.2, 0.25) is 0 Å². The molecule has 1 fully saturated rings. The fourth-order valence-corrected chi connectivity index (χ4v) is 4.39. The van der Waals surface area contributed by atoms with E-state index in [1.54, 1.807) is 0 Å². The summed E-state index contributed by atoms with van der Waals surface area (Å²) in [4.78, 5) is 5.77. The Balaban J connectivity index is 1.38. The van der Waals surface area contributed by atoms with Crippen LogP contribution >= 0.6 is 0 Å². The van der Waals surface area contributed by atoms with Crippen molar-refractivity contribution >= 4 is 5.71 Å². The standard InChI is InChI=1S/C24H27NO4/c1-16(2)27-22-8-7-19(21-14-24(29-25-21)9-10-26-15-24)13-23(22)28-20-11-17-5-3-4-6-18(17)12-20/h3-8,13,16,20H,9-12,14-15H2,1-2H3. The van der Waals surface area contributed by atoms with Crippen LogP contribution in [0.3, 0.4) is 0 Å². The molecule has 0 radical (unpaired) electrons. The van der Waals surface area contributed by atoms with E-state index in [1.165, 1.54) is 11.1 Å². The third kappa shape index (κ3) is 3.71. The molecule has 2 aliphatic heterocycles. The topological polar surface area (TPSA) is 49.3 Å². The molecule has 0 amide bonds. The number of nitrogens with zero attached hydrogens (tertiary/aromatic N) is 1. The summed E-state index contributed by atoms with van der Waals surface area (Å²) in [6.07, 6.45) is 3.70. The first-order chi connectivity index (χ1) is 14.1. The number of fused-ring (bicyclic) bond motifs is 1. The van der Waals surface area contributed by atoms with E-state index in [4.69, 9.17) is 19.0 Å². The Morgan fingerprint density at radius 2 is 1.86 bits per heavy atom. The zero-order valence-corrected chi connectivity index (χ0v) is 17.0. The van der Waals surface area contributed by atoms with Gasteiger partial charge >= 0.3 is 0 Å². The number of benzene rings is 2. The molecule has 0 aromatic heterocycles. The van der Waals surface area contributed by atoms with Gasteiger partial charge in [-0.25, -0.2) is 0 Å². The van der Waals surface area contributed by atoms with Crippen LogP contribution in [0.1, 0.15) is 43.4 Å². The summed E-state index contributed by atoms with van der Waals surface area (Å²) in [6, 6.07) is 14.7. The van der Waals surface area contributed by atoms with E-state index in [1.807, 2.05) is 26.0 Å². The van der Waals surface area contributed by atoms with Crippen LogP contribution in [-0.4, -0.2) is 36.7 Å². The second kappa shape index (κ2) is 7.38. The molecule has 3 aliphatic rings. The highest BCUT2D eigenvalue weighted by molar-refractivity contribution is 6.02. The highest BCUT2D eigenvalue weighted by Crippen LogP contribution is 2.37. The van der Waals surface area contributed by atoms with Crippen LogP contribution < -0.4 is 9.47 Å². The average Bonchev–Trinajstić information content (AvgIpc) is 3.43. The summed E-state index contributed by atoms with van der Waals surface area (Å²) < 4.78 is 18.0. The molecule has 1 aliphatic carbocycles. The van der Waals surface area contributed by atoms with Gasteiger partial charge in [0.05, 0.1) is 25.0 Å². The van der Waals surface area contributed by atoms with E-state index in [0.717, 1.165) is 55.1 Å². The van der Waals surface area contributed by atoms with E-state index in [2.05, 4.69) is 35.5 Å². The first-order valence-corrected chi connectivity index (χ1v) is 10.5. The lowest BCUT2D eigenvalue weighted by Crippen LogP contribution is -2.29. The van der Waals surface area contributed by atoms with E-state index in [0.29, 0.717) is 6.61 Å². The maximum Gasteiger partial charge on any atom is 0.168 e. The Morgan fingerprint density at radius 1 is 1.07 bits per heavy atom. The Bertz CT molecular complexity index is 905. The van der Waals surface area contributed by atoms with Gasteiger partial charge in [-0.05, 0) is 43.2 Å². The molecule has 1 spiro atoms. The van der Waals surface area contributed by atoms with Crippen molar-refractivity contribution in [2.45, 2.75) is 57.3 Å². The molecule has 5 rings (SSSR count). The number of hydrogen-bond acceptors (Lipinski definition) is 5. The van der Waals surface area contributed by atoms with E-state index in [9.17, 15) is 0 Å². The highest BCUT2D eigenvalue weighted by Gasteiger charge is 2.43. The van der Waals surface area contributed by atoms with Crippen molar-refractivity contribution in [2.24, 2.45) is 5.16 Å². The molecule has 5 heteroatoms. The van der Waals surface area contributed by atoms with Crippen molar-refractivity contribution in [3.8, 4) is 11.5 Å². The molecule has 1 unspecified atom stereocenters. The summed E-state index contributed by atoms with van der Waals surface area (Å²) in [6.45, 7) is 5.41. The Labute approximate surface area is 171 Å². The summed E-state index contributed by atoms with van der Waals surface area (Å²) in [5, 5.41) is 4.38. The van der Waals surface area contributed by atoms with Crippen LogP contribution in [0, 0.1) is 0 Å². The predicted molar refractivity (Wildman–Crippen MR) is 111 cm³/mol. The zero-order valence-electron chi connectivity index (χ0n) is 17.0. The van der Waals surface area contributed by atoms with Crippen LogP contribution in [-0.2, 0) is 22.4 Å². The number of ether oxygens (including phenoxy) is 3. The lowest BCUT2D eigenvalue weighted by atomic mass is 9.93. The lowest BCUT2D eigenvalue weighted by Gasteiger charge is -2.20. The maximum atomic E-state index is 6.46. The molecule has 2 aromatic rings. The first-order valence-electron chi connectivity index (χ1n) is 10.5. The molecular weight excluding hydrogens is 366 g/mol. The molecule has 1 atom stereocenters. The van der Waals surface area contributed by atoms with Gasteiger partial charge in [-0.3, -0.25) is 0 Å². The summed E-state index contributed by atoms with van der Waals surface area (Å²) >= 11 is 0. The molecule has 0 N–H and O–H groups in total. The molecule has 5 nitrogen and oxygen atoms in total. The second-order valence-electron chi connectivity index (χ2n) is 8.54. The molecule has 152 valence electrons. The minimum absolute atomic E-state index is 0.0787. The normalized spacial score (nSPS) is 23.3. The van der Waals surface area contributed by atoms with Gasteiger partial charge in [0.25, 0.3) is 0 Å². The lowest BCUT2D eigenvalue weighted by molar-refractivity contribution is -0.0237. The van der Waals surface area contributed by atoms with Crippen molar-refractivity contribution in [3.05, 3.63) is 59.2 Å². The quantitative estimate of drug-likeness (QED) is 0.760. The van der Waals surface area contributed by atoms with Crippen LogP contribution in [0.5, 0.6) is 11.5 Å². The molecule has 2 aromatic carbocycles. The fraction of sp³-hybridized carbons (Fsp3) is 0.458. The Kier molecular flexibility index (Phi) is 4.70. The van der Waals surface area contributed by atoms with Crippen molar-refractivity contribution < 1.29 is 19.0 Å². The average molecular weight is 393 g/mol. The van der Waals surface area contributed by atoms with Crippen molar-refractivity contribution in [2.75, 3.05) is 13.2 Å². The fourth-order valence-electron chi connectivity index (χ4n) is 4.39. The SMILES string of the molecule is CC(C)Oc1ccc(C2=NOC3(CCOC3)C2)cc1OC1Cc2ccccc2C1. The first kappa shape index (κ1) is 18.5. The van der Waals surface area contributed by atoms with Crippen molar-refractivity contribution in [1.82, 2.24) is 0 Å².